The van der Waals surface area contributed by atoms with Gasteiger partial charge in [0.25, 0.3) is 0 Å². The molecule has 8 aromatic rings. The van der Waals surface area contributed by atoms with Gasteiger partial charge in [-0.2, -0.15) is 0 Å². The van der Waals surface area contributed by atoms with Gasteiger partial charge in [-0.3, -0.25) is 0 Å². The monoisotopic (exact) mass is 596 g/mol. The normalized spacial score (nSPS) is 11.2. The number of fused-ring (bicyclic) bond motifs is 1. The number of benzene rings is 6. The molecule has 0 nitrogen and oxygen atoms in total. The van der Waals surface area contributed by atoms with Crippen molar-refractivity contribution in [3.8, 4) is 65.4 Å². The highest BCUT2D eigenvalue weighted by Crippen LogP contribution is 2.47. The van der Waals surface area contributed by atoms with E-state index in [1.807, 2.05) is 22.7 Å². The second kappa shape index (κ2) is 11.6. The highest BCUT2D eigenvalue weighted by molar-refractivity contribution is 7.15. The van der Waals surface area contributed by atoms with Crippen LogP contribution in [0, 0.1) is 0 Å². The van der Waals surface area contributed by atoms with Crippen molar-refractivity contribution in [1.82, 2.24) is 0 Å². The molecule has 44 heavy (non-hydrogen) atoms. The van der Waals surface area contributed by atoms with Gasteiger partial charge in [-0.1, -0.05) is 146 Å². The standard InChI is InChI=1S/C42H28S2/c1-5-13-30(14-6-1)37-27-43-41(39(37)32-17-9-3-10-18-32)34-23-21-29-22-24-35(26-36(29)25-34)42-40(33-19-11-4-12-20-33)38(28-44-42)31-15-7-2-8-16-31/h1-28H. The van der Waals surface area contributed by atoms with Gasteiger partial charge in [-0.15, -0.1) is 22.7 Å². The second-order valence-corrected chi connectivity index (χ2v) is 12.7. The van der Waals surface area contributed by atoms with Crippen LogP contribution in [0.1, 0.15) is 0 Å². The van der Waals surface area contributed by atoms with Gasteiger partial charge in [0.1, 0.15) is 0 Å². The molecular formula is C42H28S2. The zero-order valence-corrected chi connectivity index (χ0v) is 25.6. The van der Waals surface area contributed by atoms with Crippen molar-refractivity contribution in [3.05, 3.63) is 168 Å². The average Bonchev–Trinajstić information content (AvgIpc) is 3.75. The van der Waals surface area contributed by atoms with Gasteiger partial charge in [-0.25, -0.2) is 0 Å². The Bertz CT molecular complexity index is 2030. The smallest absolute Gasteiger partial charge is 0.0427 e. The van der Waals surface area contributed by atoms with E-state index in [-0.39, 0.29) is 0 Å². The van der Waals surface area contributed by atoms with E-state index in [0.29, 0.717) is 0 Å². The van der Waals surface area contributed by atoms with E-state index < -0.39 is 0 Å². The van der Waals surface area contributed by atoms with Crippen molar-refractivity contribution in [1.29, 1.82) is 0 Å². The zero-order valence-electron chi connectivity index (χ0n) is 24.0. The first kappa shape index (κ1) is 26.6. The molecule has 208 valence electrons. The summed E-state index contributed by atoms with van der Waals surface area (Å²) in [7, 11) is 0. The minimum absolute atomic E-state index is 1.25. The Morgan fingerprint density at radius 1 is 0.295 bits per heavy atom. The molecule has 0 radical (unpaired) electrons. The fraction of sp³-hybridized carbons (Fsp3) is 0. The zero-order chi connectivity index (χ0) is 29.3. The highest BCUT2D eigenvalue weighted by Gasteiger charge is 2.19. The number of hydrogen-bond acceptors (Lipinski definition) is 2. The Morgan fingerprint density at radius 2 is 0.659 bits per heavy atom. The van der Waals surface area contributed by atoms with Gasteiger partial charge in [0.05, 0.1) is 0 Å². The molecule has 2 aromatic heterocycles. The summed E-state index contributed by atoms with van der Waals surface area (Å²) in [6.45, 7) is 0. The first-order valence-electron chi connectivity index (χ1n) is 14.8. The maximum atomic E-state index is 2.37. The van der Waals surface area contributed by atoms with Crippen LogP contribution in [-0.2, 0) is 0 Å². The van der Waals surface area contributed by atoms with E-state index >= 15 is 0 Å². The quantitative estimate of drug-likeness (QED) is 0.179. The van der Waals surface area contributed by atoms with Gasteiger partial charge in [-0.05, 0) is 67.0 Å². The molecule has 0 N–H and O–H groups in total. The topological polar surface area (TPSA) is 0 Å². The number of hydrogen-bond donors (Lipinski definition) is 0. The van der Waals surface area contributed by atoms with Gasteiger partial charge in [0.15, 0.2) is 0 Å². The Labute approximate surface area is 266 Å². The summed E-state index contributed by atoms with van der Waals surface area (Å²) < 4.78 is 0. The number of thiophene rings is 2. The van der Waals surface area contributed by atoms with Crippen molar-refractivity contribution in [2.45, 2.75) is 0 Å². The van der Waals surface area contributed by atoms with Crippen LogP contribution in [0.3, 0.4) is 0 Å². The maximum Gasteiger partial charge on any atom is 0.0427 e. The van der Waals surface area contributed by atoms with Crippen LogP contribution in [0.4, 0.5) is 0 Å². The molecule has 0 aliphatic heterocycles. The molecule has 0 saturated carbocycles. The molecule has 0 spiro atoms. The summed E-state index contributed by atoms with van der Waals surface area (Å²) in [6, 6.07) is 56.9. The lowest BCUT2D eigenvalue weighted by Gasteiger charge is -2.12. The van der Waals surface area contributed by atoms with Crippen molar-refractivity contribution < 1.29 is 0 Å². The van der Waals surface area contributed by atoms with Crippen LogP contribution < -0.4 is 0 Å². The lowest BCUT2D eigenvalue weighted by atomic mass is 9.93. The SMILES string of the molecule is c1ccc(-c2csc(-c3ccc4ccc(-c5scc(-c6ccccc6)c5-c5ccccc5)cc4c3)c2-c2ccccc2)cc1. The van der Waals surface area contributed by atoms with Gasteiger partial charge < -0.3 is 0 Å². The third-order valence-corrected chi connectivity index (χ3v) is 10.3. The van der Waals surface area contributed by atoms with E-state index in [9.17, 15) is 0 Å². The lowest BCUT2D eigenvalue weighted by Crippen LogP contribution is -1.86. The summed E-state index contributed by atoms with van der Waals surface area (Å²) in [5.74, 6) is 0. The fourth-order valence-corrected chi connectivity index (χ4v) is 8.31. The predicted octanol–water partition coefficient (Wildman–Crippen LogP) is 13.0. The Hall–Kier alpha value is -5.02. The van der Waals surface area contributed by atoms with Crippen molar-refractivity contribution >= 4 is 33.4 Å². The van der Waals surface area contributed by atoms with Gasteiger partial charge in [0.2, 0.25) is 0 Å². The second-order valence-electron chi connectivity index (χ2n) is 10.9. The summed E-state index contributed by atoms with van der Waals surface area (Å²) in [5.41, 5.74) is 12.7. The molecule has 0 aliphatic carbocycles. The first-order chi connectivity index (χ1) is 21.8. The van der Waals surface area contributed by atoms with Crippen LogP contribution in [0.15, 0.2) is 168 Å². The Balaban J connectivity index is 1.28. The minimum Gasteiger partial charge on any atom is -0.142 e. The van der Waals surface area contributed by atoms with Gasteiger partial charge in [0, 0.05) is 32.0 Å². The van der Waals surface area contributed by atoms with Crippen LogP contribution in [0.5, 0.6) is 0 Å². The molecule has 2 heterocycles. The molecular weight excluding hydrogens is 569 g/mol. The fourth-order valence-electron chi connectivity index (χ4n) is 6.11. The van der Waals surface area contributed by atoms with Crippen molar-refractivity contribution in [2.24, 2.45) is 0 Å². The molecule has 0 fully saturated rings. The maximum absolute atomic E-state index is 2.37. The van der Waals surface area contributed by atoms with E-state index in [4.69, 9.17) is 0 Å². The van der Waals surface area contributed by atoms with Crippen LogP contribution in [0.25, 0.3) is 76.2 Å². The summed E-state index contributed by atoms with van der Waals surface area (Å²) >= 11 is 3.66. The lowest BCUT2D eigenvalue weighted by molar-refractivity contribution is 1.62. The Kier molecular flexibility index (Phi) is 7.00. The summed E-state index contributed by atoms with van der Waals surface area (Å²) in [6.07, 6.45) is 0. The van der Waals surface area contributed by atoms with Crippen LogP contribution >= 0.6 is 22.7 Å². The Morgan fingerprint density at radius 3 is 1.05 bits per heavy atom. The molecule has 8 rings (SSSR count). The summed E-state index contributed by atoms with van der Waals surface area (Å²) in [5, 5.41) is 7.13. The van der Waals surface area contributed by atoms with Gasteiger partial charge >= 0.3 is 0 Å². The van der Waals surface area contributed by atoms with Crippen LogP contribution in [0.2, 0.25) is 0 Å². The molecule has 6 aromatic carbocycles. The molecule has 0 aliphatic rings. The largest absolute Gasteiger partial charge is 0.142 e. The number of rotatable bonds is 6. The molecule has 0 amide bonds. The molecule has 0 bridgehead atoms. The van der Waals surface area contributed by atoms with E-state index in [0.717, 1.165) is 0 Å². The minimum atomic E-state index is 1.25. The third kappa shape index (κ3) is 4.89. The summed E-state index contributed by atoms with van der Waals surface area (Å²) in [4.78, 5) is 2.60. The molecule has 0 atom stereocenters. The predicted molar refractivity (Wildman–Crippen MR) is 192 cm³/mol. The third-order valence-electron chi connectivity index (χ3n) is 8.24. The van der Waals surface area contributed by atoms with Crippen LogP contribution in [-0.4, -0.2) is 0 Å². The average molecular weight is 597 g/mol. The first-order valence-corrected chi connectivity index (χ1v) is 16.6. The molecule has 0 unspecified atom stereocenters. The van der Waals surface area contributed by atoms with Crippen molar-refractivity contribution in [3.63, 3.8) is 0 Å². The van der Waals surface area contributed by atoms with E-state index in [2.05, 4.69) is 168 Å². The van der Waals surface area contributed by atoms with Crippen molar-refractivity contribution in [2.75, 3.05) is 0 Å². The highest BCUT2D eigenvalue weighted by atomic mass is 32.1. The van der Waals surface area contributed by atoms with E-state index in [1.54, 1.807) is 0 Å². The molecule has 0 saturated heterocycles. The van der Waals surface area contributed by atoms with E-state index in [1.165, 1.54) is 76.2 Å². The molecule has 2 heteroatoms.